The molecule has 0 aromatic heterocycles. The molecule has 1 aromatic carbocycles. The summed E-state index contributed by atoms with van der Waals surface area (Å²) in [5.41, 5.74) is 2.52. The van der Waals surface area contributed by atoms with Crippen molar-refractivity contribution in [3.63, 3.8) is 0 Å². The fourth-order valence-corrected chi connectivity index (χ4v) is 5.06. The van der Waals surface area contributed by atoms with Gasteiger partial charge in [0.2, 0.25) is 10.0 Å². The second kappa shape index (κ2) is 6.75. The number of sulfonamides is 1. The molecule has 1 heterocycles. The summed E-state index contributed by atoms with van der Waals surface area (Å²) < 4.78 is 25.0. The number of nitrogens with zero attached hydrogens (tertiary/aromatic N) is 2. The summed E-state index contributed by atoms with van der Waals surface area (Å²) in [6.45, 7) is 2.65. The highest BCUT2D eigenvalue weighted by Crippen LogP contribution is 2.46. The third kappa shape index (κ3) is 3.25. The Labute approximate surface area is 145 Å². The number of fused-ring (bicyclic) bond motifs is 2. The van der Waals surface area contributed by atoms with Crippen LogP contribution in [0.4, 0.5) is 0 Å². The number of aliphatic hydroxyl groups excluding tert-OH is 1. The van der Waals surface area contributed by atoms with Gasteiger partial charge in [-0.2, -0.15) is 0 Å². The highest BCUT2D eigenvalue weighted by atomic mass is 32.2. The first-order valence-corrected chi connectivity index (χ1v) is 10.3. The van der Waals surface area contributed by atoms with E-state index in [1.54, 1.807) is 14.1 Å². The van der Waals surface area contributed by atoms with E-state index < -0.39 is 10.0 Å². The van der Waals surface area contributed by atoms with Crippen LogP contribution in [-0.4, -0.2) is 68.3 Å². The molecule has 1 aromatic rings. The van der Waals surface area contributed by atoms with Crippen LogP contribution in [0.5, 0.6) is 0 Å². The van der Waals surface area contributed by atoms with Gasteiger partial charge >= 0.3 is 0 Å². The highest BCUT2D eigenvalue weighted by molar-refractivity contribution is 7.89. The molecule has 134 valence electrons. The van der Waals surface area contributed by atoms with Gasteiger partial charge in [0.15, 0.2) is 0 Å². The van der Waals surface area contributed by atoms with E-state index in [2.05, 4.69) is 23.1 Å². The lowest BCUT2D eigenvalue weighted by atomic mass is 9.72. The molecule has 3 rings (SSSR count). The normalized spacial score (nSPS) is 23.8. The molecule has 1 saturated heterocycles. The average molecular weight is 352 g/mol. The molecule has 0 bridgehead atoms. The minimum atomic E-state index is -3.10. The van der Waals surface area contributed by atoms with Crippen molar-refractivity contribution < 1.29 is 13.5 Å². The van der Waals surface area contributed by atoms with Crippen molar-refractivity contribution in [2.75, 3.05) is 39.5 Å². The number of benzene rings is 1. The van der Waals surface area contributed by atoms with Crippen LogP contribution < -0.4 is 0 Å². The maximum atomic E-state index is 11.8. The van der Waals surface area contributed by atoms with Crippen molar-refractivity contribution in [3.8, 4) is 0 Å². The molecule has 1 aliphatic heterocycles. The van der Waals surface area contributed by atoms with Crippen molar-refractivity contribution in [1.82, 2.24) is 9.21 Å². The van der Waals surface area contributed by atoms with E-state index >= 15 is 0 Å². The maximum Gasteiger partial charge on any atom is 0.213 e. The lowest BCUT2D eigenvalue weighted by molar-refractivity contribution is 0.0435. The molecule has 0 radical (unpaired) electrons. The Morgan fingerprint density at radius 1 is 1.25 bits per heavy atom. The first kappa shape index (κ1) is 17.9. The molecule has 2 aliphatic rings. The zero-order valence-corrected chi connectivity index (χ0v) is 15.4. The fourth-order valence-electron chi connectivity index (χ4n) is 4.20. The van der Waals surface area contributed by atoms with E-state index in [1.807, 2.05) is 6.07 Å². The third-order valence-electron chi connectivity index (χ3n) is 5.79. The van der Waals surface area contributed by atoms with Crippen LogP contribution in [0.1, 0.15) is 30.4 Å². The van der Waals surface area contributed by atoms with Gasteiger partial charge in [0, 0.05) is 19.5 Å². The quantitative estimate of drug-likeness (QED) is 0.866. The van der Waals surface area contributed by atoms with Crippen molar-refractivity contribution in [1.29, 1.82) is 0 Å². The predicted octanol–water partition coefficient (Wildman–Crippen LogP) is 1.22. The van der Waals surface area contributed by atoms with Crippen LogP contribution >= 0.6 is 0 Å². The largest absolute Gasteiger partial charge is 0.392 e. The second-order valence-corrected chi connectivity index (χ2v) is 9.63. The summed E-state index contributed by atoms with van der Waals surface area (Å²) in [5.74, 6) is 0.201. The van der Waals surface area contributed by atoms with Crippen LogP contribution in [-0.2, 0) is 21.9 Å². The predicted molar refractivity (Wildman–Crippen MR) is 95.6 cm³/mol. The number of hydrogen-bond donors (Lipinski definition) is 1. The molecule has 1 N–H and O–H groups in total. The van der Waals surface area contributed by atoms with E-state index in [1.165, 1.54) is 15.4 Å². The van der Waals surface area contributed by atoms with E-state index in [9.17, 15) is 13.5 Å². The molecule has 0 amide bonds. The molecule has 1 unspecified atom stereocenters. The Bertz CT molecular complexity index is 679. The highest BCUT2D eigenvalue weighted by Gasteiger charge is 2.47. The summed E-state index contributed by atoms with van der Waals surface area (Å²) >= 11 is 0. The topological polar surface area (TPSA) is 60.9 Å². The smallest absolute Gasteiger partial charge is 0.213 e. The molecule has 1 atom stereocenters. The number of aliphatic hydroxyl groups is 1. The molecule has 1 aliphatic carbocycles. The Balaban J connectivity index is 1.57. The molecule has 1 spiro atoms. The maximum absolute atomic E-state index is 11.8. The summed E-state index contributed by atoms with van der Waals surface area (Å²) in [4.78, 5) is 2.34. The minimum absolute atomic E-state index is 0.0944. The molecular formula is C18H28N2O3S. The summed E-state index contributed by atoms with van der Waals surface area (Å²) in [5, 5.41) is 10.7. The Morgan fingerprint density at radius 3 is 2.58 bits per heavy atom. The first-order valence-electron chi connectivity index (χ1n) is 8.74. The lowest BCUT2D eigenvalue weighted by Crippen LogP contribution is -2.47. The van der Waals surface area contributed by atoms with E-state index in [0.29, 0.717) is 6.42 Å². The molecular weight excluding hydrogens is 324 g/mol. The standard InChI is InChI=1S/C18H28N2O3S/c1-19(2)24(22,23)13-5-10-20-11-8-18(9-12-20)16-7-4-3-6-15(16)14-17(18)21/h3-4,6-7,17,21H,5,8-14H2,1-2H3. The zero-order valence-electron chi connectivity index (χ0n) is 14.6. The van der Waals surface area contributed by atoms with Gasteiger partial charge in [-0.3, -0.25) is 0 Å². The van der Waals surface area contributed by atoms with Crippen LogP contribution in [0.25, 0.3) is 0 Å². The fraction of sp³-hybridized carbons (Fsp3) is 0.667. The van der Waals surface area contributed by atoms with Crippen LogP contribution in [0.3, 0.4) is 0 Å². The number of piperidine rings is 1. The lowest BCUT2D eigenvalue weighted by Gasteiger charge is -2.42. The molecule has 24 heavy (non-hydrogen) atoms. The summed E-state index contributed by atoms with van der Waals surface area (Å²) in [7, 11) is 0.0612. The molecule has 1 fully saturated rings. The van der Waals surface area contributed by atoms with Crippen molar-refractivity contribution in [3.05, 3.63) is 35.4 Å². The van der Waals surface area contributed by atoms with Gasteiger partial charge in [-0.05, 0) is 56.4 Å². The van der Waals surface area contributed by atoms with E-state index in [4.69, 9.17) is 0 Å². The van der Waals surface area contributed by atoms with Crippen molar-refractivity contribution in [2.45, 2.75) is 37.2 Å². The Hall–Kier alpha value is -0.950. The summed E-state index contributed by atoms with van der Waals surface area (Å²) in [6, 6.07) is 8.42. The van der Waals surface area contributed by atoms with Gasteiger partial charge < -0.3 is 10.0 Å². The van der Waals surface area contributed by atoms with Gasteiger partial charge in [0.25, 0.3) is 0 Å². The number of likely N-dealkylation sites (tertiary alicyclic amines) is 1. The van der Waals surface area contributed by atoms with E-state index in [0.717, 1.165) is 38.9 Å². The van der Waals surface area contributed by atoms with Gasteiger partial charge in [0.05, 0.1) is 11.9 Å². The number of rotatable bonds is 5. The van der Waals surface area contributed by atoms with Crippen LogP contribution in [0.2, 0.25) is 0 Å². The Kier molecular flexibility index (Phi) is 5.02. The zero-order chi connectivity index (χ0) is 17.4. The van der Waals surface area contributed by atoms with Crippen molar-refractivity contribution >= 4 is 10.0 Å². The SMILES string of the molecule is CN(C)S(=O)(=O)CCCN1CCC2(CC1)c1ccccc1CC2O. The third-order valence-corrected chi connectivity index (χ3v) is 7.70. The monoisotopic (exact) mass is 352 g/mol. The molecule has 5 nitrogen and oxygen atoms in total. The first-order chi connectivity index (χ1) is 11.3. The van der Waals surface area contributed by atoms with Crippen LogP contribution in [0.15, 0.2) is 24.3 Å². The van der Waals surface area contributed by atoms with Crippen LogP contribution in [0, 0.1) is 0 Å². The molecule has 0 saturated carbocycles. The van der Waals surface area contributed by atoms with Gasteiger partial charge in [-0.25, -0.2) is 12.7 Å². The van der Waals surface area contributed by atoms with Gasteiger partial charge in [-0.1, -0.05) is 24.3 Å². The van der Waals surface area contributed by atoms with Crippen molar-refractivity contribution in [2.24, 2.45) is 0 Å². The number of hydrogen-bond acceptors (Lipinski definition) is 4. The molecule has 6 heteroatoms. The summed E-state index contributed by atoms with van der Waals surface area (Å²) in [6.07, 6.45) is 3.03. The minimum Gasteiger partial charge on any atom is -0.392 e. The van der Waals surface area contributed by atoms with Gasteiger partial charge in [0.1, 0.15) is 0 Å². The van der Waals surface area contributed by atoms with Gasteiger partial charge in [-0.15, -0.1) is 0 Å². The van der Waals surface area contributed by atoms with E-state index in [-0.39, 0.29) is 17.3 Å². The Morgan fingerprint density at radius 2 is 1.92 bits per heavy atom. The second-order valence-electron chi connectivity index (χ2n) is 7.33. The average Bonchev–Trinajstić information content (AvgIpc) is 2.81.